The van der Waals surface area contributed by atoms with Crippen LogP contribution in [0, 0.1) is 5.92 Å². The molecule has 124 valence electrons. The highest BCUT2D eigenvalue weighted by atomic mass is 32.2. The number of hydrogen-bond donors (Lipinski definition) is 2. The highest BCUT2D eigenvalue weighted by molar-refractivity contribution is 7.90. The number of carboxylic acids is 1. The van der Waals surface area contributed by atoms with Gasteiger partial charge in [-0.1, -0.05) is 19.8 Å². The lowest BCUT2D eigenvalue weighted by Crippen LogP contribution is -2.32. The molecule has 21 heavy (non-hydrogen) atoms. The largest absolute Gasteiger partial charge is 0.481 e. The highest BCUT2D eigenvalue weighted by Crippen LogP contribution is 2.17. The minimum Gasteiger partial charge on any atom is -0.481 e. The zero-order chi connectivity index (χ0) is 16.3. The Morgan fingerprint density at radius 2 is 1.86 bits per heavy atom. The molecule has 0 saturated heterocycles. The van der Waals surface area contributed by atoms with Crippen LogP contribution in [0.3, 0.4) is 0 Å². The molecule has 0 fully saturated rings. The molecule has 0 bridgehead atoms. The Morgan fingerprint density at radius 1 is 1.19 bits per heavy atom. The second-order valence-electron chi connectivity index (χ2n) is 4.83. The predicted octanol–water partition coefficient (Wildman–Crippen LogP) is 1.14. The molecule has 1 atom stereocenters. The van der Waals surface area contributed by atoms with E-state index in [4.69, 9.17) is 5.11 Å². The van der Waals surface area contributed by atoms with Gasteiger partial charge in [-0.3, -0.25) is 9.59 Å². The molecule has 0 spiro atoms. The zero-order valence-corrected chi connectivity index (χ0v) is 13.4. The number of aliphatic carboxylic acids is 1. The molecule has 0 aromatic rings. The van der Waals surface area contributed by atoms with Crippen LogP contribution < -0.4 is 4.72 Å². The first kappa shape index (κ1) is 19.9. The van der Waals surface area contributed by atoms with E-state index in [0.717, 1.165) is 12.8 Å². The second kappa shape index (κ2) is 10.6. The standard InChI is InChI=1S/C13H25NO6S/c1-3-5-11(6-7-12(15)16)8-9-14-21(18,19)10-13(17)20-4-2/h11,14H,3-10H2,1-2H3,(H,15,16). The average molecular weight is 323 g/mol. The summed E-state index contributed by atoms with van der Waals surface area (Å²) in [6.07, 6.45) is 2.94. The van der Waals surface area contributed by atoms with E-state index in [1.807, 2.05) is 6.92 Å². The van der Waals surface area contributed by atoms with Gasteiger partial charge in [-0.2, -0.15) is 0 Å². The molecule has 0 amide bonds. The van der Waals surface area contributed by atoms with E-state index in [0.29, 0.717) is 12.8 Å². The molecule has 2 N–H and O–H groups in total. The summed E-state index contributed by atoms with van der Waals surface area (Å²) in [6.45, 7) is 3.95. The maximum Gasteiger partial charge on any atom is 0.322 e. The van der Waals surface area contributed by atoms with Gasteiger partial charge in [0.05, 0.1) is 6.61 Å². The Labute approximate surface area is 126 Å². The Kier molecular flexibility index (Phi) is 9.98. The van der Waals surface area contributed by atoms with Crippen molar-refractivity contribution in [3.05, 3.63) is 0 Å². The summed E-state index contributed by atoms with van der Waals surface area (Å²) in [6, 6.07) is 0. The average Bonchev–Trinajstić information content (AvgIpc) is 2.35. The van der Waals surface area contributed by atoms with Gasteiger partial charge in [0.15, 0.2) is 5.75 Å². The molecule has 0 aliphatic heterocycles. The summed E-state index contributed by atoms with van der Waals surface area (Å²) in [5.41, 5.74) is 0. The van der Waals surface area contributed by atoms with Crippen LogP contribution in [0.15, 0.2) is 0 Å². The van der Waals surface area contributed by atoms with E-state index in [2.05, 4.69) is 9.46 Å². The van der Waals surface area contributed by atoms with Gasteiger partial charge in [0.25, 0.3) is 0 Å². The fourth-order valence-electron chi connectivity index (χ4n) is 2.00. The van der Waals surface area contributed by atoms with Gasteiger partial charge in [-0.05, 0) is 25.7 Å². The van der Waals surface area contributed by atoms with Gasteiger partial charge >= 0.3 is 11.9 Å². The van der Waals surface area contributed by atoms with Crippen LogP contribution in [0.1, 0.15) is 46.0 Å². The smallest absolute Gasteiger partial charge is 0.322 e. The number of carbonyl (C=O) groups excluding carboxylic acids is 1. The summed E-state index contributed by atoms with van der Waals surface area (Å²) >= 11 is 0. The van der Waals surface area contributed by atoms with Crippen molar-refractivity contribution in [3.8, 4) is 0 Å². The van der Waals surface area contributed by atoms with E-state index in [1.165, 1.54) is 0 Å². The van der Waals surface area contributed by atoms with Gasteiger partial charge < -0.3 is 9.84 Å². The van der Waals surface area contributed by atoms with Crippen molar-refractivity contribution in [2.45, 2.75) is 46.0 Å². The summed E-state index contributed by atoms with van der Waals surface area (Å²) in [4.78, 5) is 21.7. The number of rotatable bonds is 12. The number of hydrogen-bond acceptors (Lipinski definition) is 5. The molecule has 0 aliphatic rings. The van der Waals surface area contributed by atoms with Crippen molar-refractivity contribution in [2.75, 3.05) is 18.9 Å². The lowest BCUT2D eigenvalue weighted by atomic mass is 9.95. The van der Waals surface area contributed by atoms with Crippen molar-refractivity contribution in [3.63, 3.8) is 0 Å². The van der Waals surface area contributed by atoms with Crippen molar-refractivity contribution in [1.29, 1.82) is 0 Å². The van der Waals surface area contributed by atoms with Crippen LogP contribution in [0.2, 0.25) is 0 Å². The molecular formula is C13H25NO6S. The maximum atomic E-state index is 11.6. The van der Waals surface area contributed by atoms with E-state index < -0.39 is 27.7 Å². The molecule has 0 aromatic carbocycles. The van der Waals surface area contributed by atoms with Gasteiger partial charge in [-0.25, -0.2) is 13.1 Å². The van der Waals surface area contributed by atoms with Crippen LogP contribution in [-0.2, 0) is 24.3 Å². The summed E-state index contributed by atoms with van der Waals surface area (Å²) in [5, 5.41) is 8.67. The van der Waals surface area contributed by atoms with Crippen LogP contribution in [0.5, 0.6) is 0 Å². The third-order valence-electron chi connectivity index (χ3n) is 2.95. The summed E-state index contributed by atoms with van der Waals surface area (Å²) in [7, 11) is -3.69. The van der Waals surface area contributed by atoms with Gasteiger partial charge in [0, 0.05) is 13.0 Å². The molecular weight excluding hydrogens is 298 g/mol. The Hall–Kier alpha value is -1.15. The normalized spacial score (nSPS) is 12.9. The molecule has 0 aliphatic carbocycles. The SMILES string of the molecule is CCCC(CCNS(=O)(=O)CC(=O)OCC)CCC(=O)O. The fourth-order valence-corrected chi connectivity index (χ4v) is 2.92. The molecule has 8 heteroatoms. The van der Waals surface area contributed by atoms with E-state index in [-0.39, 0.29) is 25.5 Å². The molecule has 0 radical (unpaired) electrons. The monoisotopic (exact) mass is 323 g/mol. The van der Waals surface area contributed by atoms with Crippen LogP contribution in [-0.4, -0.2) is 44.4 Å². The van der Waals surface area contributed by atoms with Crippen molar-refractivity contribution in [1.82, 2.24) is 4.72 Å². The highest BCUT2D eigenvalue weighted by Gasteiger charge is 2.18. The second-order valence-corrected chi connectivity index (χ2v) is 6.64. The fraction of sp³-hybridized carbons (Fsp3) is 0.846. The number of nitrogens with one attached hydrogen (secondary N) is 1. The van der Waals surface area contributed by atoms with E-state index >= 15 is 0 Å². The van der Waals surface area contributed by atoms with E-state index in [9.17, 15) is 18.0 Å². The van der Waals surface area contributed by atoms with Gasteiger partial charge in [0.1, 0.15) is 0 Å². The summed E-state index contributed by atoms with van der Waals surface area (Å²) < 4.78 is 30.2. The number of carboxylic acid groups (broad SMARTS) is 1. The molecule has 7 nitrogen and oxygen atoms in total. The zero-order valence-electron chi connectivity index (χ0n) is 12.6. The third kappa shape index (κ3) is 11.2. The first-order chi connectivity index (χ1) is 9.80. The lowest BCUT2D eigenvalue weighted by molar-refractivity contribution is -0.140. The molecule has 0 heterocycles. The number of ether oxygens (including phenoxy) is 1. The first-order valence-electron chi connectivity index (χ1n) is 7.15. The van der Waals surface area contributed by atoms with E-state index in [1.54, 1.807) is 6.92 Å². The minimum absolute atomic E-state index is 0.0836. The van der Waals surface area contributed by atoms with Gasteiger partial charge in [0.2, 0.25) is 10.0 Å². The third-order valence-corrected chi connectivity index (χ3v) is 4.21. The summed E-state index contributed by atoms with van der Waals surface area (Å²) in [5.74, 6) is -2.15. The number of carbonyl (C=O) groups is 2. The Bertz CT molecular complexity index is 420. The molecule has 0 aromatic heterocycles. The number of esters is 1. The lowest BCUT2D eigenvalue weighted by Gasteiger charge is -2.15. The molecule has 1 unspecified atom stereocenters. The van der Waals surface area contributed by atoms with Crippen LogP contribution >= 0.6 is 0 Å². The van der Waals surface area contributed by atoms with Crippen molar-refractivity contribution >= 4 is 22.0 Å². The minimum atomic E-state index is -3.69. The van der Waals surface area contributed by atoms with Gasteiger partial charge in [-0.15, -0.1) is 0 Å². The van der Waals surface area contributed by atoms with Crippen molar-refractivity contribution < 1.29 is 27.9 Å². The quantitative estimate of drug-likeness (QED) is 0.521. The Morgan fingerprint density at radius 3 is 2.38 bits per heavy atom. The first-order valence-corrected chi connectivity index (χ1v) is 8.80. The predicted molar refractivity (Wildman–Crippen MR) is 78.3 cm³/mol. The maximum absolute atomic E-state index is 11.6. The van der Waals surface area contributed by atoms with Crippen molar-refractivity contribution in [2.24, 2.45) is 5.92 Å². The Balaban J connectivity index is 4.16. The van der Waals surface area contributed by atoms with Crippen LogP contribution in [0.25, 0.3) is 0 Å². The molecule has 0 rings (SSSR count). The van der Waals surface area contributed by atoms with Crippen LogP contribution in [0.4, 0.5) is 0 Å². The molecule has 0 saturated carbocycles. The number of sulfonamides is 1. The topological polar surface area (TPSA) is 110 Å².